The molecule has 0 aliphatic rings. The van der Waals surface area contributed by atoms with E-state index in [-0.39, 0.29) is 5.57 Å². The first kappa shape index (κ1) is 19.8. The van der Waals surface area contributed by atoms with Gasteiger partial charge in [0.2, 0.25) is 0 Å². The third-order valence-electron chi connectivity index (χ3n) is 3.43. The number of nitriles is 1. The predicted octanol–water partition coefficient (Wildman–Crippen LogP) is 5.52. The number of hydrogen-bond donors (Lipinski definition) is 1. The number of carbonyl (C=O) groups excluding carboxylic acids is 1. The summed E-state index contributed by atoms with van der Waals surface area (Å²) in [4.78, 5) is 12.4. The molecule has 0 saturated carbocycles. The monoisotopic (exact) mass is 430 g/mol. The van der Waals surface area contributed by atoms with E-state index in [4.69, 9.17) is 16.3 Å². The van der Waals surface area contributed by atoms with E-state index < -0.39 is 5.91 Å². The summed E-state index contributed by atoms with van der Waals surface area (Å²) in [6, 6.07) is 12.4. The summed E-state index contributed by atoms with van der Waals surface area (Å²) in [7, 11) is 0. The van der Waals surface area contributed by atoms with Crippen LogP contribution in [-0.4, -0.2) is 12.5 Å². The van der Waals surface area contributed by atoms with E-state index in [9.17, 15) is 10.1 Å². The van der Waals surface area contributed by atoms with Crippen LogP contribution < -0.4 is 10.1 Å². The maximum Gasteiger partial charge on any atom is 0.266 e. The Morgan fingerprint density at radius 2 is 2.15 bits per heavy atom. The summed E-state index contributed by atoms with van der Waals surface area (Å²) in [5, 5.41) is 12.7. The van der Waals surface area contributed by atoms with E-state index in [1.54, 1.807) is 42.5 Å². The maximum atomic E-state index is 12.4. The molecule has 0 bridgehead atoms. The van der Waals surface area contributed by atoms with Crippen LogP contribution in [0.5, 0.6) is 5.75 Å². The number of anilines is 1. The summed E-state index contributed by atoms with van der Waals surface area (Å²) < 4.78 is 6.20. The predicted molar refractivity (Wildman–Crippen MR) is 108 cm³/mol. The quantitative estimate of drug-likeness (QED) is 0.372. The molecule has 0 radical (unpaired) electrons. The molecule has 0 aromatic heterocycles. The van der Waals surface area contributed by atoms with Crippen molar-refractivity contribution in [3.63, 3.8) is 0 Å². The van der Waals surface area contributed by atoms with Gasteiger partial charge in [-0.25, -0.2) is 0 Å². The Bertz CT molecular complexity index is 917. The van der Waals surface area contributed by atoms with Gasteiger partial charge in [0.25, 0.3) is 5.91 Å². The fraction of sp³-hybridized carbons (Fsp3) is 0.100. The molecular weight excluding hydrogens is 416 g/mol. The Labute approximate surface area is 165 Å². The molecule has 0 saturated heterocycles. The molecule has 0 spiro atoms. The van der Waals surface area contributed by atoms with Gasteiger partial charge in [-0.1, -0.05) is 30.3 Å². The molecular formula is C20H16BrClN2O2. The van der Waals surface area contributed by atoms with Crippen LogP contribution >= 0.6 is 27.5 Å². The number of aryl methyl sites for hydroxylation is 1. The molecule has 0 aliphatic carbocycles. The molecule has 0 heterocycles. The standard InChI is InChI=1S/C20H16BrClN2O2/c1-3-8-26-19-7-4-14(11-17(19)21)10-15(12-23)20(25)24-18-6-5-16(22)9-13(18)2/h3-7,9-11H,1,8H2,2H3,(H,24,25)/b15-10+. The van der Waals surface area contributed by atoms with Gasteiger partial charge in [-0.3, -0.25) is 4.79 Å². The van der Waals surface area contributed by atoms with E-state index in [1.165, 1.54) is 6.08 Å². The minimum Gasteiger partial charge on any atom is -0.488 e. The lowest BCUT2D eigenvalue weighted by atomic mass is 10.1. The molecule has 1 N–H and O–H groups in total. The average molecular weight is 432 g/mol. The minimum atomic E-state index is -0.485. The molecule has 0 atom stereocenters. The van der Waals surface area contributed by atoms with Crippen molar-refractivity contribution in [1.82, 2.24) is 0 Å². The zero-order valence-corrected chi connectivity index (χ0v) is 16.4. The third kappa shape index (κ3) is 5.22. The van der Waals surface area contributed by atoms with Crippen molar-refractivity contribution in [3.05, 3.63) is 75.2 Å². The maximum absolute atomic E-state index is 12.4. The van der Waals surface area contributed by atoms with Crippen molar-refractivity contribution in [2.75, 3.05) is 11.9 Å². The first-order chi connectivity index (χ1) is 12.4. The van der Waals surface area contributed by atoms with Crippen molar-refractivity contribution in [2.24, 2.45) is 0 Å². The Balaban J connectivity index is 2.21. The number of ether oxygens (including phenoxy) is 1. The Hall–Kier alpha value is -2.55. The minimum absolute atomic E-state index is 0.00832. The van der Waals surface area contributed by atoms with Crippen molar-refractivity contribution in [1.29, 1.82) is 5.26 Å². The average Bonchev–Trinajstić information content (AvgIpc) is 2.61. The second-order valence-electron chi connectivity index (χ2n) is 5.37. The Morgan fingerprint density at radius 3 is 2.77 bits per heavy atom. The number of carbonyl (C=O) groups is 1. The highest BCUT2D eigenvalue weighted by Gasteiger charge is 2.12. The summed E-state index contributed by atoms with van der Waals surface area (Å²) >= 11 is 9.33. The molecule has 1 amide bonds. The van der Waals surface area contributed by atoms with E-state index in [0.717, 1.165) is 10.0 Å². The first-order valence-electron chi connectivity index (χ1n) is 7.67. The molecule has 26 heavy (non-hydrogen) atoms. The van der Waals surface area contributed by atoms with Crippen LogP contribution in [0.2, 0.25) is 5.02 Å². The van der Waals surface area contributed by atoms with Gasteiger partial charge in [0.15, 0.2) is 0 Å². The molecule has 2 rings (SSSR count). The van der Waals surface area contributed by atoms with Crippen LogP contribution in [0.4, 0.5) is 5.69 Å². The number of nitrogens with one attached hydrogen (secondary N) is 1. The highest BCUT2D eigenvalue weighted by molar-refractivity contribution is 9.10. The number of hydrogen-bond acceptors (Lipinski definition) is 3. The number of nitrogens with zero attached hydrogens (tertiary/aromatic N) is 1. The molecule has 4 nitrogen and oxygen atoms in total. The second-order valence-corrected chi connectivity index (χ2v) is 6.66. The van der Waals surface area contributed by atoms with E-state index in [2.05, 4.69) is 27.8 Å². The SMILES string of the molecule is C=CCOc1ccc(/C=C(\C#N)C(=O)Nc2ccc(Cl)cc2C)cc1Br. The number of amides is 1. The van der Waals surface area contributed by atoms with Crippen molar-refractivity contribution in [2.45, 2.75) is 6.92 Å². The lowest BCUT2D eigenvalue weighted by Crippen LogP contribution is -2.14. The zero-order valence-electron chi connectivity index (χ0n) is 14.1. The highest BCUT2D eigenvalue weighted by Crippen LogP contribution is 2.27. The summed E-state index contributed by atoms with van der Waals surface area (Å²) in [6.45, 7) is 5.82. The van der Waals surface area contributed by atoms with Gasteiger partial charge < -0.3 is 10.1 Å². The molecule has 0 fully saturated rings. The van der Waals surface area contributed by atoms with E-state index in [1.807, 2.05) is 13.0 Å². The lowest BCUT2D eigenvalue weighted by molar-refractivity contribution is -0.112. The summed E-state index contributed by atoms with van der Waals surface area (Å²) in [5.74, 6) is 0.169. The fourth-order valence-corrected chi connectivity index (χ4v) is 2.88. The Kier molecular flexibility index (Phi) is 7.02. The van der Waals surface area contributed by atoms with Crippen molar-refractivity contribution >= 4 is 45.2 Å². The fourth-order valence-electron chi connectivity index (χ4n) is 2.14. The smallest absolute Gasteiger partial charge is 0.266 e. The summed E-state index contributed by atoms with van der Waals surface area (Å²) in [5.41, 5.74) is 2.11. The second kappa shape index (κ2) is 9.23. The largest absolute Gasteiger partial charge is 0.488 e. The van der Waals surface area contributed by atoms with Crippen LogP contribution in [0, 0.1) is 18.3 Å². The van der Waals surface area contributed by atoms with E-state index in [0.29, 0.717) is 28.6 Å². The van der Waals surface area contributed by atoms with Gasteiger partial charge in [-0.15, -0.1) is 0 Å². The van der Waals surface area contributed by atoms with Crippen molar-refractivity contribution in [3.8, 4) is 11.8 Å². The number of halogens is 2. The van der Waals surface area contributed by atoms with Crippen LogP contribution in [0.1, 0.15) is 11.1 Å². The molecule has 132 valence electrons. The molecule has 2 aromatic rings. The summed E-state index contributed by atoms with van der Waals surface area (Å²) in [6.07, 6.45) is 3.17. The first-order valence-corrected chi connectivity index (χ1v) is 8.84. The van der Waals surface area contributed by atoms with Gasteiger partial charge in [-0.2, -0.15) is 5.26 Å². The van der Waals surface area contributed by atoms with Gasteiger partial charge >= 0.3 is 0 Å². The Morgan fingerprint density at radius 1 is 1.38 bits per heavy atom. The normalized spacial score (nSPS) is 10.8. The van der Waals surface area contributed by atoms with Gasteiger partial charge in [0.1, 0.15) is 24.0 Å². The third-order valence-corrected chi connectivity index (χ3v) is 4.28. The molecule has 2 aromatic carbocycles. The highest BCUT2D eigenvalue weighted by atomic mass is 79.9. The van der Waals surface area contributed by atoms with Crippen LogP contribution in [0.15, 0.2) is 59.1 Å². The van der Waals surface area contributed by atoms with Gasteiger partial charge in [0, 0.05) is 10.7 Å². The van der Waals surface area contributed by atoms with Gasteiger partial charge in [0.05, 0.1) is 4.47 Å². The van der Waals surface area contributed by atoms with Crippen LogP contribution in [0.3, 0.4) is 0 Å². The van der Waals surface area contributed by atoms with Gasteiger partial charge in [-0.05, 0) is 70.4 Å². The molecule has 0 aliphatic heterocycles. The number of benzene rings is 2. The molecule has 0 unspecified atom stereocenters. The zero-order chi connectivity index (χ0) is 19.1. The van der Waals surface area contributed by atoms with Crippen molar-refractivity contribution < 1.29 is 9.53 Å². The lowest BCUT2D eigenvalue weighted by Gasteiger charge is -2.09. The molecule has 6 heteroatoms. The topological polar surface area (TPSA) is 62.1 Å². The van der Waals surface area contributed by atoms with Crippen LogP contribution in [0.25, 0.3) is 6.08 Å². The van der Waals surface area contributed by atoms with E-state index >= 15 is 0 Å². The number of rotatable bonds is 6. The van der Waals surface area contributed by atoms with Crippen LogP contribution in [-0.2, 0) is 4.79 Å².